The maximum Gasteiger partial charge on any atom is 0.245 e. The molecule has 0 bridgehead atoms. The third-order valence-corrected chi connectivity index (χ3v) is 4.60. The number of hydrazone groups is 1. The van der Waals surface area contributed by atoms with Gasteiger partial charge in [0.15, 0.2) is 0 Å². The monoisotopic (exact) mass is 343 g/mol. The van der Waals surface area contributed by atoms with E-state index in [0.717, 1.165) is 16.3 Å². The SMILES string of the molecule is COc1ccc(N2C[C@H](C(=O)N/N=C/c3cccs3)CC2=O)cc1. The van der Waals surface area contributed by atoms with Crippen molar-refractivity contribution in [1.29, 1.82) is 0 Å². The van der Waals surface area contributed by atoms with Crippen LogP contribution in [0.3, 0.4) is 0 Å². The van der Waals surface area contributed by atoms with Gasteiger partial charge in [-0.05, 0) is 35.7 Å². The van der Waals surface area contributed by atoms with Crippen LogP contribution in [-0.4, -0.2) is 31.7 Å². The molecule has 0 saturated carbocycles. The summed E-state index contributed by atoms with van der Waals surface area (Å²) in [5.74, 6) is 0.0115. The Morgan fingerprint density at radius 1 is 1.38 bits per heavy atom. The molecule has 0 radical (unpaired) electrons. The first-order chi connectivity index (χ1) is 11.7. The van der Waals surface area contributed by atoms with Crippen LogP contribution in [0.15, 0.2) is 46.9 Å². The quantitative estimate of drug-likeness (QED) is 0.669. The van der Waals surface area contributed by atoms with E-state index < -0.39 is 5.92 Å². The Hall–Kier alpha value is -2.67. The van der Waals surface area contributed by atoms with Crippen LogP contribution in [0.1, 0.15) is 11.3 Å². The number of anilines is 1. The predicted molar refractivity (Wildman–Crippen MR) is 93.5 cm³/mol. The standard InChI is InChI=1S/C17H17N3O3S/c1-23-14-6-4-13(5-7-14)20-11-12(9-16(20)21)17(22)19-18-10-15-3-2-8-24-15/h2-8,10,12H,9,11H2,1H3,(H,19,22)/b18-10+/t12-/m1/s1. The molecule has 124 valence electrons. The fourth-order valence-corrected chi connectivity index (χ4v) is 3.10. The van der Waals surface area contributed by atoms with E-state index in [1.807, 2.05) is 29.6 Å². The summed E-state index contributed by atoms with van der Waals surface area (Å²) < 4.78 is 5.11. The summed E-state index contributed by atoms with van der Waals surface area (Å²) in [5.41, 5.74) is 3.27. The first-order valence-corrected chi connectivity index (χ1v) is 8.36. The Labute approximate surface area is 143 Å². The van der Waals surface area contributed by atoms with Crippen molar-refractivity contribution in [1.82, 2.24) is 5.43 Å². The second-order valence-corrected chi connectivity index (χ2v) is 6.33. The molecule has 0 unspecified atom stereocenters. The molecule has 1 fully saturated rings. The lowest BCUT2D eigenvalue weighted by Gasteiger charge is -2.16. The highest BCUT2D eigenvalue weighted by atomic mass is 32.1. The van der Waals surface area contributed by atoms with Crippen LogP contribution in [0.25, 0.3) is 0 Å². The normalized spacial score (nSPS) is 17.5. The van der Waals surface area contributed by atoms with Gasteiger partial charge < -0.3 is 9.64 Å². The van der Waals surface area contributed by atoms with Crippen LogP contribution in [-0.2, 0) is 9.59 Å². The van der Waals surface area contributed by atoms with E-state index in [4.69, 9.17) is 4.74 Å². The predicted octanol–water partition coefficient (Wildman–Crippen LogP) is 2.26. The first kappa shape index (κ1) is 16.2. The van der Waals surface area contributed by atoms with Gasteiger partial charge in [-0.25, -0.2) is 5.43 Å². The molecule has 1 aromatic heterocycles. The Morgan fingerprint density at radius 3 is 2.83 bits per heavy atom. The molecule has 1 atom stereocenters. The Balaban J connectivity index is 1.60. The number of nitrogens with zero attached hydrogens (tertiary/aromatic N) is 2. The number of rotatable bonds is 5. The number of hydrogen-bond donors (Lipinski definition) is 1. The second-order valence-electron chi connectivity index (χ2n) is 5.35. The largest absolute Gasteiger partial charge is 0.497 e. The van der Waals surface area contributed by atoms with Crippen LogP contribution in [0, 0.1) is 5.92 Å². The number of carbonyl (C=O) groups excluding carboxylic acids is 2. The van der Waals surface area contributed by atoms with Gasteiger partial charge in [-0.3, -0.25) is 9.59 Å². The summed E-state index contributed by atoms with van der Waals surface area (Å²) >= 11 is 1.53. The minimum absolute atomic E-state index is 0.0671. The van der Waals surface area contributed by atoms with Crippen molar-refractivity contribution in [3.8, 4) is 5.75 Å². The Kier molecular flexibility index (Phi) is 4.90. The number of methoxy groups -OCH3 is 1. The lowest BCUT2D eigenvalue weighted by Crippen LogP contribution is -2.30. The smallest absolute Gasteiger partial charge is 0.245 e. The van der Waals surface area contributed by atoms with Crippen molar-refractivity contribution in [2.24, 2.45) is 11.0 Å². The van der Waals surface area contributed by atoms with Gasteiger partial charge in [-0.15, -0.1) is 11.3 Å². The molecule has 1 N–H and O–H groups in total. The highest BCUT2D eigenvalue weighted by Crippen LogP contribution is 2.26. The number of carbonyl (C=O) groups is 2. The van der Waals surface area contributed by atoms with Gasteiger partial charge >= 0.3 is 0 Å². The van der Waals surface area contributed by atoms with Gasteiger partial charge in [0.25, 0.3) is 0 Å². The molecule has 0 spiro atoms. The van der Waals surface area contributed by atoms with Crippen LogP contribution in [0.2, 0.25) is 0 Å². The molecule has 1 aliphatic heterocycles. The molecule has 7 heteroatoms. The topological polar surface area (TPSA) is 71.0 Å². The zero-order chi connectivity index (χ0) is 16.9. The van der Waals surface area contributed by atoms with E-state index in [1.165, 1.54) is 11.3 Å². The van der Waals surface area contributed by atoms with Crippen LogP contribution < -0.4 is 15.1 Å². The number of hydrogen-bond acceptors (Lipinski definition) is 5. The summed E-state index contributed by atoms with van der Waals surface area (Å²) in [6.07, 6.45) is 1.78. The van der Waals surface area contributed by atoms with Gasteiger partial charge in [0, 0.05) is 23.5 Å². The fourth-order valence-electron chi connectivity index (χ4n) is 2.51. The zero-order valence-corrected chi connectivity index (χ0v) is 14.0. The van der Waals surface area contributed by atoms with E-state index in [9.17, 15) is 9.59 Å². The molecule has 1 aromatic carbocycles. The van der Waals surface area contributed by atoms with Gasteiger partial charge in [-0.1, -0.05) is 6.07 Å². The molecule has 2 amide bonds. The molecule has 0 aliphatic carbocycles. The highest BCUT2D eigenvalue weighted by Gasteiger charge is 2.35. The average Bonchev–Trinajstić information content (AvgIpc) is 3.24. The summed E-state index contributed by atoms with van der Waals surface area (Å²) in [5, 5.41) is 5.88. The van der Waals surface area contributed by atoms with E-state index in [-0.39, 0.29) is 18.2 Å². The second kappa shape index (κ2) is 7.27. The van der Waals surface area contributed by atoms with Crippen LogP contribution >= 0.6 is 11.3 Å². The highest BCUT2D eigenvalue weighted by molar-refractivity contribution is 7.11. The third kappa shape index (κ3) is 3.62. The molecular formula is C17H17N3O3S. The van der Waals surface area contributed by atoms with Gasteiger partial charge in [-0.2, -0.15) is 5.10 Å². The Bertz CT molecular complexity index is 741. The summed E-state index contributed by atoms with van der Waals surface area (Å²) in [6.45, 7) is 0.353. The van der Waals surface area contributed by atoms with Crippen molar-refractivity contribution in [3.63, 3.8) is 0 Å². The molecule has 1 aliphatic rings. The molecule has 2 heterocycles. The van der Waals surface area contributed by atoms with Crippen molar-refractivity contribution in [2.45, 2.75) is 6.42 Å². The number of benzene rings is 1. The fraction of sp³-hybridized carbons (Fsp3) is 0.235. The minimum Gasteiger partial charge on any atom is -0.497 e. The van der Waals surface area contributed by atoms with Crippen LogP contribution in [0.5, 0.6) is 5.75 Å². The minimum atomic E-state index is -0.403. The van der Waals surface area contributed by atoms with E-state index in [2.05, 4.69) is 10.5 Å². The lowest BCUT2D eigenvalue weighted by atomic mass is 10.1. The van der Waals surface area contributed by atoms with E-state index in [0.29, 0.717) is 6.54 Å². The molecule has 1 saturated heterocycles. The lowest BCUT2D eigenvalue weighted by molar-refractivity contribution is -0.126. The number of ether oxygens (including phenoxy) is 1. The molecule has 3 rings (SSSR count). The zero-order valence-electron chi connectivity index (χ0n) is 13.1. The maximum atomic E-state index is 12.2. The maximum absolute atomic E-state index is 12.2. The number of nitrogens with one attached hydrogen (secondary N) is 1. The summed E-state index contributed by atoms with van der Waals surface area (Å²) in [4.78, 5) is 26.9. The van der Waals surface area contributed by atoms with Crippen molar-refractivity contribution < 1.29 is 14.3 Å². The van der Waals surface area contributed by atoms with E-state index in [1.54, 1.807) is 30.4 Å². The first-order valence-electron chi connectivity index (χ1n) is 7.48. The summed E-state index contributed by atoms with van der Waals surface area (Å²) in [6, 6.07) is 11.0. The van der Waals surface area contributed by atoms with Crippen molar-refractivity contribution in [2.75, 3.05) is 18.6 Å². The number of thiophene rings is 1. The molecular weight excluding hydrogens is 326 g/mol. The summed E-state index contributed by atoms with van der Waals surface area (Å²) in [7, 11) is 1.59. The van der Waals surface area contributed by atoms with E-state index >= 15 is 0 Å². The molecule has 24 heavy (non-hydrogen) atoms. The number of amides is 2. The van der Waals surface area contributed by atoms with Gasteiger partial charge in [0.05, 0.1) is 19.2 Å². The van der Waals surface area contributed by atoms with Gasteiger partial charge in [0.2, 0.25) is 11.8 Å². The Morgan fingerprint density at radius 2 is 2.17 bits per heavy atom. The van der Waals surface area contributed by atoms with Crippen molar-refractivity contribution in [3.05, 3.63) is 46.7 Å². The third-order valence-electron chi connectivity index (χ3n) is 3.79. The van der Waals surface area contributed by atoms with Crippen LogP contribution in [0.4, 0.5) is 5.69 Å². The van der Waals surface area contributed by atoms with Crippen molar-refractivity contribution >= 4 is 35.1 Å². The molecule has 2 aromatic rings. The molecule has 6 nitrogen and oxygen atoms in total. The van der Waals surface area contributed by atoms with Gasteiger partial charge in [0.1, 0.15) is 5.75 Å². The average molecular weight is 343 g/mol.